The number of nitrogens with zero attached hydrogens (tertiary/aromatic N) is 1. The molecule has 1 fully saturated rings. The van der Waals surface area contributed by atoms with Crippen LogP contribution in [0.2, 0.25) is 0 Å². The third-order valence-corrected chi connectivity index (χ3v) is 4.52. The van der Waals surface area contributed by atoms with Gasteiger partial charge in [-0.1, -0.05) is 24.3 Å². The second-order valence-corrected chi connectivity index (χ2v) is 5.81. The molecule has 3 heteroatoms. The fraction of sp³-hybridized carbons (Fsp3) is 0.562. The number of hydrogen-bond donors (Lipinski definition) is 1. The van der Waals surface area contributed by atoms with Crippen molar-refractivity contribution in [3.8, 4) is 0 Å². The van der Waals surface area contributed by atoms with E-state index >= 15 is 0 Å². The lowest BCUT2D eigenvalue weighted by Crippen LogP contribution is -2.45. The average molecular weight is 258 g/mol. The van der Waals surface area contributed by atoms with Gasteiger partial charge < -0.3 is 10.6 Å². The predicted octanol–water partition coefficient (Wildman–Crippen LogP) is 2.06. The largest absolute Gasteiger partial charge is 0.342 e. The van der Waals surface area contributed by atoms with E-state index in [0.717, 1.165) is 45.2 Å². The molecule has 0 aromatic heterocycles. The number of aryl methyl sites for hydroxylation is 1. The van der Waals surface area contributed by atoms with Gasteiger partial charge in [0.1, 0.15) is 0 Å². The second kappa shape index (κ2) is 5.33. The van der Waals surface area contributed by atoms with Gasteiger partial charge in [0.15, 0.2) is 0 Å². The minimum Gasteiger partial charge on any atom is -0.342 e. The third kappa shape index (κ3) is 2.52. The fourth-order valence-electron chi connectivity index (χ4n) is 3.35. The van der Waals surface area contributed by atoms with Crippen molar-refractivity contribution in [3.63, 3.8) is 0 Å². The highest BCUT2D eigenvalue weighted by molar-refractivity contribution is 5.84. The molecule has 1 aliphatic heterocycles. The van der Waals surface area contributed by atoms with Gasteiger partial charge in [-0.3, -0.25) is 4.79 Å². The van der Waals surface area contributed by atoms with E-state index < -0.39 is 0 Å². The summed E-state index contributed by atoms with van der Waals surface area (Å²) in [6.45, 7) is 1.66. The molecule has 0 radical (unpaired) electrons. The van der Waals surface area contributed by atoms with Crippen LogP contribution >= 0.6 is 0 Å². The number of carbonyl (C=O) groups is 1. The highest BCUT2D eigenvalue weighted by atomic mass is 16.2. The van der Waals surface area contributed by atoms with Gasteiger partial charge in [0.2, 0.25) is 5.91 Å². The molecule has 1 aliphatic carbocycles. The molecule has 1 atom stereocenters. The molecule has 0 saturated carbocycles. The smallest absolute Gasteiger partial charge is 0.230 e. The first-order valence-corrected chi connectivity index (χ1v) is 7.38. The minimum atomic E-state index is 0.0827. The molecule has 1 unspecified atom stereocenters. The van der Waals surface area contributed by atoms with Gasteiger partial charge in [-0.05, 0) is 43.2 Å². The van der Waals surface area contributed by atoms with Gasteiger partial charge in [0.05, 0.1) is 5.92 Å². The van der Waals surface area contributed by atoms with E-state index in [2.05, 4.69) is 24.3 Å². The Morgan fingerprint density at radius 1 is 1.16 bits per heavy atom. The molecule has 3 nitrogen and oxygen atoms in total. The fourth-order valence-corrected chi connectivity index (χ4v) is 3.35. The molecule has 0 bridgehead atoms. The lowest BCUT2D eigenvalue weighted by atomic mass is 9.82. The van der Waals surface area contributed by atoms with Crippen LogP contribution in [0.3, 0.4) is 0 Å². The van der Waals surface area contributed by atoms with Crippen LogP contribution < -0.4 is 5.73 Å². The Kier molecular flexibility index (Phi) is 3.56. The Bertz CT molecular complexity index is 464. The van der Waals surface area contributed by atoms with E-state index in [-0.39, 0.29) is 12.0 Å². The van der Waals surface area contributed by atoms with Gasteiger partial charge >= 0.3 is 0 Å². The zero-order valence-electron chi connectivity index (χ0n) is 11.3. The number of rotatable bonds is 1. The number of likely N-dealkylation sites (tertiary alicyclic amines) is 1. The van der Waals surface area contributed by atoms with Gasteiger partial charge in [-0.15, -0.1) is 0 Å². The number of nitrogens with two attached hydrogens (primary N) is 1. The van der Waals surface area contributed by atoms with E-state index in [1.165, 1.54) is 11.1 Å². The number of carbonyl (C=O) groups excluding carboxylic acids is 1. The van der Waals surface area contributed by atoms with Crippen LogP contribution in [0.5, 0.6) is 0 Å². The maximum Gasteiger partial charge on any atom is 0.230 e. The van der Waals surface area contributed by atoms with Crippen LogP contribution in [0.1, 0.15) is 42.7 Å². The van der Waals surface area contributed by atoms with Gasteiger partial charge in [-0.25, -0.2) is 0 Å². The Balaban J connectivity index is 1.78. The maximum atomic E-state index is 12.7. The number of benzene rings is 1. The molecule has 2 N–H and O–H groups in total. The Labute approximate surface area is 114 Å². The quantitative estimate of drug-likeness (QED) is 0.838. The molecular formula is C16H22N2O. The summed E-state index contributed by atoms with van der Waals surface area (Å²) in [4.78, 5) is 14.7. The summed E-state index contributed by atoms with van der Waals surface area (Å²) in [6.07, 6.45) is 5.13. The van der Waals surface area contributed by atoms with E-state index in [1.54, 1.807) is 0 Å². The summed E-state index contributed by atoms with van der Waals surface area (Å²) in [5, 5.41) is 0. The van der Waals surface area contributed by atoms with Gasteiger partial charge in [-0.2, -0.15) is 0 Å². The lowest BCUT2D eigenvalue weighted by Gasteiger charge is -2.34. The van der Waals surface area contributed by atoms with Crippen LogP contribution in [0.4, 0.5) is 0 Å². The summed E-state index contributed by atoms with van der Waals surface area (Å²) in [6, 6.07) is 8.71. The SMILES string of the molecule is NC1CCN(C(=O)C2CCCc3ccccc32)CC1. The highest BCUT2D eigenvalue weighted by Gasteiger charge is 2.31. The molecule has 1 saturated heterocycles. The van der Waals surface area contributed by atoms with Crippen LogP contribution in [0.15, 0.2) is 24.3 Å². The average Bonchev–Trinajstić information content (AvgIpc) is 2.47. The van der Waals surface area contributed by atoms with E-state index in [1.807, 2.05) is 4.90 Å². The topological polar surface area (TPSA) is 46.3 Å². The molecular weight excluding hydrogens is 236 g/mol. The Morgan fingerprint density at radius 2 is 1.89 bits per heavy atom. The van der Waals surface area contributed by atoms with Crippen molar-refractivity contribution in [1.82, 2.24) is 4.90 Å². The summed E-state index contributed by atoms with van der Waals surface area (Å²) < 4.78 is 0. The molecule has 102 valence electrons. The monoisotopic (exact) mass is 258 g/mol. The first-order valence-electron chi connectivity index (χ1n) is 7.38. The lowest BCUT2D eigenvalue weighted by molar-refractivity contribution is -0.134. The van der Waals surface area contributed by atoms with Crippen LogP contribution in [0.25, 0.3) is 0 Å². The Hall–Kier alpha value is -1.35. The minimum absolute atomic E-state index is 0.0827. The second-order valence-electron chi connectivity index (χ2n) is 5.81. The van der Waals surface area contributed by atoms with E-state index in [0.29, 0.717) is 5.91 Å². The van der Waals surface area contributed by atoms with Gasteiger partial charge in [0.25, 0.3) is 0 Å². The number of hydrogen-bond acceptors (Lipinski definition) is 2. The maximum absolute atomic E-state index is 12.7. The van der Waals surface area contributed by atoms with E-state index in [4.69, 9.17) is 5.73 Å². The van der Waals surface area contributed by atoms with Crippen molar-refractivity contribution in [2.45, 2.75) is 44.1 Å². The summed E-state index contributed by atoms with van der Waals surface area (Å²) in [5.41, 5.74) is 8.53. The molecule has 1 aromatic rings. The first kappa shape index (κ1) is 12.7. The van der Waals surface area contributed by atoms with Crippen molar-refractivity contribution in [3.05, 3.63) is 35.4 Å². The summed E-state index contributed by atoms with van der Waals surface area (Å²) in [7, 11) is 0. The molecule has 2 aliphatic rings. The Morgan fingerprint density at radius 3 is 2.68 bits per heavy atom. The number of piperidine rings is 1. The van der Waals surface area contributed by atoms with Crippen LogP contribution in [0, 0.1) is 0 Å². The summed E-state index contributed by atoms with van der Waals surface area (Å²) in [5.74, 6) is 0.401. The van der Waals surface area contributed by atoms with Crippen LogP contribution in [-0.4, -0.2) is 29.9 Å². The molecule has 1 amide bonds. The molecule has 1 aromatic carbocycles. The molecule has 19 heavy (non-hydrogen) atoms. The van der Waals surface area contributed by atoms with E-state index in [9.17, 15) is 4.79 Å². The predicted molar refractivity (Wildman–Crippen MR) is 75.9 cm³/mol. The number of fused-ring (bicyclic) bond motifs is 1. The van der Waals surface area contributed by atoms with Crippen molar-refractivity contribution in [2.24, 2.45) is 5.73 Å². The molecule has 3 rings (SSSR count). The van der Waals surface area contributed by atoms with Crippen molar-refractivity contribution < 1.29 is 4.79 Å². The van der Waals surface area contributed by atoms with Crippen molar-refractivity contribution in [2.75, 3.05) is 13.1 Å². The zero-order valence-corrected chi connectivity index (χ0v) is 11.3. The van der Waals surface area contributed by atoms with Crippen molar-refractivity contribution in [1.29, 1.82) is 0 Å². The molecule has 1 heterocycles. The summed E-state index contributed by atoms with van der Waals surface area (Å²) >= 11 is 0. The van der Waals surface area contributed by atoms with Crippen molar-refractivity contribution >= 4 is 5.91 Å². The molecule has 0 spiro atoms. The first-order chi connectivity index (χ1) is 9.25. The zero-order chi connectivity index (χ0) is 13.2. The normalized spacial score (nSPS) is 24.1. The van der Waals surface area contributed by atoms with Gasteiger partial charge in [0, 0.05) is 19.1 Å². The highest BCUT2D eigenvalue weighted by Crippen LogP contribution is 2.33. The third-order valence-electron chi connectivity index (χ3n) is 4.52. The standard InChI is InChI=1S/C16H22N2O/c17-13-8-10-18(11-9-13)16(19)15-7-3-5-12-4-1-2-6-14(12)15/h1-2,4,6,13,15H,3,5,7-11,17H2. The number of amides is 1. The van der Waals surface area contributed by atoms with Crippen LogP contribution in [-0.2, 0) is 11.2 Å².